The molecule has 0 aliphatic heterocycles. The highest BCUT2D eigenvalue weighted by Gasteiger charge is 2.24. The minimum Gasteiger partial charge on any atom is -0.462 e. The second kappa shape index (κ2) is 7.89. The number of carbonyl (C=O) groups is 3. The minimum absolute atomic E-state index is 0.167. The van der Waals surface area contributed by atoms with Crippen molar-refractivity contribution >= 4 is 40.1 Å². The van der Waals surface area contributed by atoms with Crippen molar-refractivity contribution in [2.75, 3.05) is 11.9 Å². The summed E-state index contributed by atoms with van der Waals surface area (Å²) < 4.78 is 6.66. The standard InChI is InChI=1S/C17H19N3O4S/c1-5-24-17(23)14-10(2)15(11(3)21)25-16(14)19-13(22)7-6-12-8-18-20(4)9-12/h6-9H,5H2,1-4H3,(H,19,22)/b7-6-. The predicted molar refractivity (Wildman–Crippen MR) is 95.9 cm³/mol. The molecule has 0 aliphatic rings. The number of thiophene rings is 1. The molecule has 0 aliphatic carbocycles. The van der Waals surface area contributed by atoms with E-state index in [1.807, 2.05) is 0 Å². The number of Topliss-reactive ketones (excluding diaryl/α,β-unsaturated/α-hetero) is 1. The van der Waals surface area contributed by atoms with Gasteiger partial charge in [-0.3, -0.25) is 14.3 Å². The van der Waals surface area contributed by atoms with E-state index in [0.717, 1.165) is 16.9 Å². The lowest BCUT2D eigenvalue weighted by molar-refractivity contribution is -0.111. The number of carbonyl (C=O) groups excluding carboxylic acids is 3. The molecule has 0 aromatic carbocycles. The van der Waals surface area contributed by atoms with E-state index < -0.39 is 11.9 Å². The molecule has 0 saturated heterocycles. The number of hydrogen-bond donors (Lipinski definition) is 1. The van der Waals surface area contributed by atoms with Crippen LogP contribution in [-0.2, 0) is 16.6 Å². The van der Waals surface area contributed by atoms with Gasteiger partial charge in [0, 0.05) is 24.9 Å². The average Bonchev–Trinajstić information content (AvgIpc) is 3.09. The summed E-state index contributed by atoms with van der Waals surface area (Å²) in [6.45, 7) is 4.99. The first kappa shape index (κ1) is 18.6. The summed E-state index contributed by atoms with van der Waals surface area (Å²) in [5.41, 5.74) is 1.51. The molecule has 2 rings (SSSR count). The Bertz CT molecular complexity index is 848. The zero-order valence-electron chi connectivity index (χ0n) is 14.5. The first-order chi connectivity index (χ1) is 11.8. The maximum absolute atomic E-state index is 12.2. The second-order valence-electron chi connectivity index (χ2n) is 5.31. The predicted octanol–water partition coefficient (Wildman–Crippen LogP) is 2.82. The van der Waals surface area contributed by atoms with Gasteiger partial charge in [0.1, 0.15) is 5.00 Å². The maximum atomic E-state index is 12.2. The molecular formula is C17H19N3O4S. The minimum atomic E-state index is -0.560. The Hall–Kier alpha value is -2.74. The molecule has 25 heavy (non-hydrogen) atoms. The summed E-state index contributed by atoms with van der Waals surface area (Å²) >= 11 is 1.07. The van der Waals surface area contributed by atoms with Gasteiger partial charge in [0.2, 0.25) is 5.91 Å². The maximum Gasteiger partial charge on any atom is 0.341 e. The fourth-order valence-corrected chi connectivity index (χ4v) is 3.33. The molecule has 2 aromatic rings. The average molecular weight is 361 g/mol. The Kier molecular flexibility index (Phi) is 5.87. The zero-order valence-corrected chi connectivity index (χ0v) is 15.3. The van der Waals surface area contributed by atoms with Crippen molar-refractivity contribution in [2.45, 2.75) is 20.8 Å². The zero-order chi connectivity index (χ0) is 18.6. The summed E-state index contributed by atoms with van der Waals surface area (Å²) in [4.78, 5) is 36.5. The number of nitrogens with one attached hydrogen (secondary N) is 1. The molecule has 0 bridgehead atoms. The number of esters is 1. The molecule has 0 atom stereocenters. The van der Waals surface area contributed by atoms with Crippen LogP contribution in [0.3, 0.4) is 0 Å². The first-order valence-electron chi connectivity index (χ1n) is 7.62. The molecule has 132 valence electrons. The lowest BCUT2D eigenvalue weighted by atomic mass is 10.1. The number of ether oxygens (including phenoxy) is 1. The Morgan fingerprint density at radius 2 is 2.12 bits per heavy atom. The van der Waals surface area contributed by atoms with Crippen LogP contribution in [0.1, 0.15) is 45.0 Å². The molecule has 0 unspecified atom stereocenters. The highest BCUT2D eigenvalue weighted by atomic mass is 32.1. The first-order valence-corrected chi connectivity index (χ1v) is 8.44. The number of nitrogens with zero attached hydrogens (tertiary/aromatic N) is 2. The van der Waals surface area contributed by atoms with Gasteiger partial charge in [-0.1, -0.05) is 0 Å². The van der Waals surface area contributed by atoms with E-state index in [0.29, 0.717) is 15.4 Å². The van der Waals surface area contributed by atoms with Crippen LogP contribution in [0, 0.1) is 6.92 Å². The van der Waals surface area contributed by atoms with Crippen molar-refractivity contribution in [3.05, 3.63) is 40.0 Å². The van der Waals surface area contributed by atoms with Gasteiger partial charge in [0.25, 0.3) is 0 Å². The molecular weight excluding hydrogens is 342 g/mol. The Labute approximate surface area is 149 Å². The fourth-order valence-electron chi connectivity index (χ4n) is 2.24. The molecule has 0 radical (unpaired) electrons. The third kappa shape index (κ3) is 4.42. The third-order valence-corrected chi connectivity index (χ3v) is 4.64. The second-order valence-corrected chi connectivity index (χ2v) is 6.33. The van der Waals surface area contributed by atoms with Crippen LogP contribution < -0.4 is 5.32 Å². The molecule has 0 saturated carbocycles. The fraction of sp³-hybridized carbons (Fsp3) is 0.294. The monoisotopic (exact) mass is 361 g/mol. The normalized spacial score (nSPS) is 10.9. The third-order valence-electron chi connectivity index (χ3n) is 3.33. The number of rotatable bonds is 6. The van der Waals surface area contributed by atoms with Crippen molar-refractivity contribution in [2.24, 2.45) is 7.05 Å². The van der Waals surface area contributed by atoms with Crippen LogP contribution in [0.15, 0.2) is 18.5 Å². The van der Waals surface area contributed by atoms with E-state index >= 15 is 0 Å². The molecule has 7 nitrogen and oxygen atoms in total. The SMILES string of the molecule is CCOC(=O)c1c(NC(=O)/C=C\c2cnn(C)c2)sc(C(C)=O)c1C. The Morgan fingerprint density at radius 3 is 2.68 bits per heavy atom. The summed E-state index contributed by atoms with van der Waals surface area (Å²) in [5.74, 6) is -1.14. The van der Waals surface area contributed by atoms with E-state index in [1.54, 1.807) is 44.0 Å². The quantitative estimate of drug-likeness (QED) is 0.485. The highest BCUT2D eigenvalue weighted by molar-refractivity contribution is 7.18. The van der Waals surface area contributed by atoms with Crippen LogP contribution >= 0.6 is 11.3 Å². The van der Waals surface area contributed by atoms with Gasteiger partial charge in [0.15, 0.2) is 5.78 Å². The smallest absolute Gasteiger partial charge is 0.341 e. The summed E-state index contributed by atoms with van der Waals surface area (Å²) in [7, 11) is 1.78. The number of aromatic nitrogens is 2. The van der Waals surface area contributed by atoms with Crippen molar-refractivity contribution in [3.63, 3.8) is 0 Å². The van der Waals surface area contributed by atoms with Crippen molar-refractivity contribution in [3.8, 4) is 0 Å². The molecule has 2 heterocycles. The van der Waals surface area contributed by atoms with Crippen LogP contribution in [0.5, 0.6) is 0 Å². The Morgan fingerprint density at radius 1 is 1.40 bits per heavy atom. The van der Waals surface area contributed by atoms with Gasteiger partial charge < -0.3 is 10.1 Å². The number of amides is 1. The van der Waals surface area contributed by atoms with E-state index in [2.05, 4.69) is 10.4 Å². The van der Waals surface area contributed by atoms with E-state index in [1.165, 1.54) is 13.0 Å². The van der Waals surface area contributed by atoms with E-state index in [9.17, 15) is 14.4 Å². The Balaban J connectivity index is 2.26. The van der Waals surface area contributed by atoms with Crippen molar-refractivity contribution in [1.82, 2.24) is 9.78 Å². The number of ketones is 1. The van der Waals surface area contributed by atoms with Crippen molar-refractivity contribution in [1.29, 1.82) is 0 Å². The van der Waals surface area contributed by atoms with Gasteiger partial charge in [-0.25, -0.2) is 4.79 Å². The number of aryl methyl sites for hydroxylation is 1. The van der Waals surface area contributed by atoms with Crippen LogP contribution in [0.4, 0.5) is 5.00 Å². The van der Waals surface area contributed by atoms with Gasteiger partial charge in [0.05, 0.1) is 23.2 Å². The summed E-state index contributed by atoms with van der Waals surface area (Å²) in [5, 5.41) is 6.97. The summed E-state index contributed by atoms with van der Waals surface area (Å²) in [6, 6.07) is 0. The number of hydrogen-bond acceptors (Lipinski definition) is 6. The molecule has 1 amide bonds. The number of anilines is 1. The van der Waals surface area contributed by atoms with Crippen LogP contribution in [0.25, 0.3) is 6.08 Å². The van der Waals surface area contributed by atoms with Gasteiger partial charge in [-0.05, 0) is 32.4 Å². The lowest BCUT2D eigenvalue weighted by Crippen LogP contribution is -2.12. The topological polar surface area (TPSA) is 90.3 Å². The van der Waals surface area contributed by atoms with Crippen LogP contribution in [-0.4, -0.2) is 34.0 Å². The van der Waals surface area contributed by atoms with E-state index in [4.69, 9.17) is 4.74 Å². The molecule has 2 aromatic heterocycles. The van der Waals surface area contributed by atoms with E-state index in [-0.39, 0.29) is 18.0 Å². The van der Waals surface area contributed by atoms with Crippen molar-refractivity contribution < 1.29 is 19.1 Å². The van der Waals surface area contributed by atoms with Gasteiger partial charge >= 0.3 is 5.97 Å². The van der Waals surface area contributed by atoms with Gasteiger partial charge in [-0.15, -0.1) is 11.3 Å². The van der Waals surface area contributed by atoms with Crippen LogP contribution in [0.2, 0.25) is 0 Å². The lowest BCUT2D eigenvalue weighted by Gasteiger charge is -2.05. The van der Waals surface area contributed by atoms with Gasteiger partial charge in [-0.2, -0.15) is 5.10 Å². The highest BCUT2D eigenvalue weighted by Crippen LogP contribution is 2.34. The molecule has 0 fully saturated rings. The molecule has 1 N–H and O–H groups in total. The molecule has 0 spiro atoms. The summed E-state index contributed by atoms with van der Waals surface area (Å²) in [6.07, 6.45) is 6.33. The largest absolute Gasteiger partial charge is 0.462 e. The molecule has 8 heteroatoms.